The van der Waals surface area contributed by atoms with Gasteiger partial charge in [-0.05, 0) is 39.0 Å². The lowest BCUT2D eigenvalue weighted by atomic mass is 9.93. The Kier molecular flexibility index (Phi) is 5.73. The van der Waals surface area contributed by atoms with Crippen LogP contribution in [0, 0.1) is 17.5 Å². The van der Waals surface area contributed by atoms with E-state index in [1.165, 1.54) is 4.57 Å². The van der Waals surface area contributed by atoms with Crippen molar-refractivity contribution in [2.75, 3.05) is 0 Å². The van der Waals surface area contributed by atoms with E-state index in [4.69, 9.17) is 4.74 Å². The van der Waals surface area contributed by atoms with Gasteiger partial charge >= 0.3 is 0 Å². The van der Waals surface area contributed by atoms with Crippen LogP contribution in [0.5, 0.6) is 11.5 Å². The predicted octanol–water partition coefficient (Wildman–Crippen LogP) is 2.51. The number of phenols is 1. The molecule has 12 heteroatoms. The van der Waals surface area contributed by atoms with Gasteiger partial charge in [-0.3, -0.25) is 14.4 Å². The summed E-state index contributed by atoms with van der Waals surface area (Å²) in [6, 6.07) is 0.266. The van der Waals surface area contributed by atoms with Crippen LogP contribution in [-0.2, 0) is 17.8 Å². The molecule has 1 aromatic carbocycles. The van der Waals surface area contributed by atoms with Gasteiger partial charge in [0, 0.05) is 36.5 Å². The number of hydrogen-bond donors (Lipinski definition) is 3. The van der Waals surface area contributed by atoms with Crippen LogP contribution >= 0.6 is 0 Å². The number of ether oxygens (including phenoxy) is 1. The average Bonchev–Trinajstić information content (AvgIpc) is 3.12. The molecule has 3 heterocycles. The number of aromatic hydroxyl groups is 2. The summed E-state index contributed by atoms with van der Waals surface area (Å²) >= 11 is 0. The molecule has 0 unspecified atom stereocenters. The number of carbonyl (C=O) groups excluding carboxylic acids is 2. The topological polar surface area (TPSA) is 121 Å². The van der Waals surface area contributed by atoms with E-state index >= 15 is 0 Å². The minimum atomic E-state index is -1.59. The van der Waals surface area contributed by atoms with Crippen LogP contribution in [-0.4, -0.2) is 49.4 Å². The maximum Gasteiger partial charge on any atom is 0.276 e. The van der Waals surface area contributed by atoms with E-state index in [0.717, 1.165) is 19.0 Å². The highest BCUT2D eigenvalue weighted by Crippen LogP contribution is 2.45. The summed E-state index contributed by atoms with van der Waals surface area (Å²) in [4.78, 5) is 40.8. The van der Waals surface area contributed by atoms with Crippen LogP contribution in [0.15, 0.2) is 17.1 Å². The largest absolute Gasteiger partial charge is 0.503 e. The van der Waals surface area contributed by atoms with Gasteiger partial charge in [0.2, 0.25) is 5.43 Å². The third kappa shape index (κ3) is 3.71. The van der Waals surface area contributed by atoms with Crippen molar-refractivity contribution in [3.63, 3.8) is 0 Å². The van der Waals surface area contributed by atoms with E-state index in [0.29, 0.717) is 19.3 Å². The van der Waals surface area contributed by atoms with Crippen molar-refractivity contribution >= 4 is 11.8 Å². The number of carbonyl (C=O) groups is 2. The maximum absolute atomic E-state index is 14.1. The molecule has 3 aliphatic rings. The zero-order chi connectivity index (χ0) is 25.9. The number of pyridine rings is 1. The number of benzene rings is 1. The first-order chi connectivity index (χ1) is 17.0. The third-order valence-corrected chi connectivity index (χ3v) is 7.33. The second-order valence-electron chi connectivity index (χ2n) is 9.70. The molecule has 3 atom stereocenters. The molecule has 2 amide bonds. The fourth-order valence-corrected chi connectivity index (χ4v) is 5.51. The van der Waals surface area contributed by atoms with Gasteiger partial charge in [-0.15, -0.1) is 0 Å². The smallest absolute Gasteiger partial charge is 0.276 e. The number of aryl methyl sites for hydroxylation is 1. The summed E-state index contributed by atoms with van der Waals surface area (Å²) in [6.07, 6.45) is 3.93. The molecule has 0 spiro atoms. The van der Waals surface area contributed by atoms with Crippen LogP contribution in [0.1, 0.15) is 65.4 Å². The van der Waals surface area contributed by atoms with Crippen molar-refractivity contribution in [2.24, 2.45) is 0 Å². The number of nitrogens with zero attached hydrogens (tertiary/aromatic N) is 2. The van der Waals surface area contributed by atoms with Crippen LogP contribution in [0.2, 0.25) is 0 Å². The maximum atomic E-state index is 14.1. The molecule has 36 heavy (non-hydrogen) atoms. The Bertz CT molecular complexity index is 1350. The number of fused-ring (bicyclic) bond motifs is 5. The molecule has 1 aromatic heterocycles. The van der Waals surface area contributed by atoms with Gasteiger partial charge in [0.25, 0.3) is 11.8 Å². The lowest BCUT2D eigenvalue weighted by molar-refractivity contribution is -0.147. The fourth-order valence-electron chi connectivity index (χ4n) is 5.51. The molecule has 1 saturated heterocycles. The number of amides is 2. The third-order valence-electron chi connectivity index (χ3n) is 7.33. The highest BCUT2D eigenvalue weighted by molar-refractivity contribution is 5.99. The Morgan fingerprint density at radius 3 is 2.69 bits per heavy atom. The Hall–Kier alpha value is -3.54. The molecule has 1 saturated carbocycles. The minimum absolute atomic E-state index is 0.0584. The van der Waals surface area contributed by atoms with Gasteiger partial charge in [-0.2, -0.15) is 0 Å². The quantitative estimate of drug-likeness (QED) is 0.587. The van der Waals surface area contributed by atoms with Crippen LogP contribution in [0.4, 0.5) is 13.2 Å². The van der Waals surface area contributed by atoms with Crippen LogP contribution in [0.25, 0.3) is 0 Å². The normalized spacial score (nSPS) is 25.1. The van der Waals surface area contributed by atoms with Crippen molar-refractivity contribution in [3.8, 4) is 11.5 Å². The van der Waals surface area contributed by atoms with E-state index in [-0.39, 0.29) is 24.4 Å². The average molecular weight is 507 g/mol. The van der Waals surface area contributed by atoms with E-state index < -0.39 is 75.6 Å². The monoisotopic (exact) mass is 507 g/mol. The van der Waals surface area contributed by atoms with Crippen LogP contribution in [0.3, 0.4) is 0 Å². The van der Waals surface area contributed by atoms with Gasteiger partial charge in [0.15, 0.2) is 28.8 Å². The van der Waals surface area contributed by atoms with Gasteiger partial charge in [0.1, 0.15) is 17.6 Å². The molecule has 192 valence electrons. The van der Waals surface area contributed by atoms with Gasteiger partial charge in [-0.25, -0.2) is 13.2 Å². The van der Waals surface area contributed by atoms with Crippen molar-refractivity contribution in [2.45, 2.75) is 70.0 Å². The van der Waals surface area contributed by atoms with Crippen molar-refractivity contribution in [3.05, 3.63) is 56.8 Å². The Morgan fingerprint density at radius 2 is 1.94 bits per heavy atom. The lowest BCUT2D eigenvalue weighted by Gasteiger charge is -2.48. The number of phenolic OH excluding ortho intramolecular Hbond substituents is 1. The highest BCUT2D eigenvalue weighted by atomic mass is 19.1. The van der Waals surface area contributed by atoms with Gasteiger partial charge in [0.05, 0.1) is 6.10 Å². The standard InChI is InChI=1S/C24H24F3N3O6/c1-24-5-4-11(8-24)36-16-3-2-6-29-10-13(19(31)21(33)18(29)23(35)30(16)24)22(34)28-9-12-14(25)7-15(26)20(32)17(12)27/h7,10-11,16,32-33H,2-6,8-9H2,1H3,(H,28,34)/t11-,16+,24+/m1/s1. The molecule has 2 aromatic rings. The minimum Gasteiger partial charge on any atom is -0.503 e. The predicted molar refractivity (Wildman–Crippen MR) is 118 cm³/mol. The molecule has 0 radical (unpaired) electrons. The summed E-state index contributed by atoms with van der Waals surface area (Å²) in [5, 5.41) is 22.2. The summed E-state index contributed by atoms with van der Waals surface area (Å²) in [5.74, 6) is -8.39. The van der Waals surface area contributed by atoms with Crippen molar-refractivity contribution in [1.82, 2.24) is 14.8 Å². The molecule has 2 fully saturated rings. The van der Waals surface area contributed by atoms with Crippen LogP contribution < -0.4 is 10.7 Å². The first-order valence-corrected chi connectivity index (χ1v) is 11.6. The zero-order valence-corrected chi connectivity index (χ0v) is 19.3. The molecule has 5 rings (SSSR count). The molecule has 2 bridgehead atoms. The number of nitrogens with one attached hydrogen (secondary N) is 1. The number of halogens is 3. The SMILES string of the molecule is C[C@]12CC[C@H](C1)O[C@H]1CCCn3cc(C(=O)NCc4c(F)cc(F)c(O)c4F)c(=O)c(O)c3C(=O)N12. The molecule has 9 nitrogen and oxygen atoms in total. The Balaban J connectivity index is 1.47. The first-order valence-electron chi connectivity index (χ1n) is 11.6. The highest BCUT2D eigenvalue weighted by Gasteiger charge is 2.52. The summed E-state index contributed by atoms with van der Waals surface area (Å²) < 4.78 is 48.7. The van der Waals surface area contributed by atoms with E-state index in [2.05, 4.69) is 5.32 Å². The second kappa shape index (κ2) is 8.54. The van der Waals surface area contributed by atoms with Crippen molar-refractivity contribution in [1.29, 1.82) is 0 Å². The second-order valence-corrected chi connectivity index (χ2v) is 9.70. The van der Waals surface area contributed by atoms with Gasteiger partial charge in [-0.1, -0.05) is 0 Å². The summed E-state index contributed by atoms with van der Waals surface area (Å²) in [6.45, 7) is 1.35. The molecular formula is C24H24F3N3O6. The summed E-state index contributed by atoms with van der Waals surface area (Å²) in [5.41, 5.74) is -3.22. The van der Waals surface area contributed by atoms with E-state index in [1.807, 2.05) is 6.92 Å². The summed E-state index contributed by atoms with van der Waals surface area (Å²) in [7, 11) is 0. The number of rotatable bonds is 3. The number of hydrogen-bond acceptors (Lipinski definition) is 6. The van der Waals surface area contributed by atoms with E-state index in [9.17, 15) is 37.8 Å². The van der Waals surface area contributed by atoms with E-state index in [1.54, 1.807) is 4.90 Å². The number of aromatic nitrogens is 1. The lowest BCUT2D eigenvalue weighted by Crippen LogP contribution is -2.59. The van der Waals surface area contributed by atoms with Gasteiger partial charge < -0.3 is 29.7 Å². The molecule has 1 aliphatic carbocycles. The Morgan fingerprint density at radius 1 is 1.19 bits per heavy atom. The first kappa shape index (κ1) is 24.2. The zero-order valence-electron chi connectivity index (χ0n) is 19.3. The molecular weight excluding hydrogens is 483 g/mol. The molecule has 2 aliphatic heterocycles. The molecule has 3 N–H and O–H groups in total. The Labute approximate surface area is 203 Å². The fraction of sp³-hybridized carbons (Fsp3) is 0.458. The van der Waals surface area contributed by atoms with Crippen molar-refractivity contribution < 1.29 is 37.7 Å².